The molecule has 30 heavy (non-hydrogen) atoms. The van der Waals surface area contributed by atoms with Gasteiger partial charge >= 0.3 is 0 Å². The SMILES string of the molecule is COc1cccc([C@@H]2CC(=O)C3=C(C2)NC(=O)C[C@@H]3c2cccc(OC)c2OC)c1. The fraction of sp³-hybridized carbons (Fsp3) is 0.333. The Morgan fingerprint density at radius 3 is 2.43 bits per heavy atom. The predicted molar refractivity (Wildman–Crippen MR) is 112 cm³/mol. The number of nitrogens with one attached hydrogen (secondary N) is 1. The third-order valence-electron chi connectivity index (χ3n) is 5.91. The molecule has 0 fully saturated rings. The molecule has 1 aliphatic heterocycles. The maximum absolute atomic E-state index is 13.3. The molecule has 1 heterocycles. The van der Waals surface area contributed by atoms with Crippen LogP contribution in [-0.4, -0.2) is 33.0 Å². The summed E-state index contributed by atoms with van der Waals surface area (Å²) in [5.41, 5.74) is 3.22. The number of ketones is 1. The molecule has 1 aliphatic carbocycles. The van der Waals surface area contributed by atoms with E-state index in [1.165, 1.54) is 0 Å². The van der Waals surface area contributed by atoms with Crippen LogP contribution in [0, 0.1) is 0 Å². The summed E-state index contributed by atoms with van der Waals surface area (Å²) in [4.78, 5) is 25.9. The van der Waals surface area contributed by atoms with E-state index in [1.807, 2.05) is 42.5 Å². The molecule has 0 aromatic heterocycles. The van der Waals surface area contributed by atoms with Crippen LogP contribution in [0.3, 0.4) is 0 Å². The van der Waals surface area contributed by atoms with E-state index < -0.39 is 0 Å². The van der Waals surface area contributed by atoms with Gasteiger partial charge < -0.3 is 19.5 Å². The Morgan fingerprint density at radius 1 is 0.900 bits per heavy atom. The van der Waals surface area contributed by atoms with Crippen molar-refractivity contribution in [3.8, 4) is 17.2 Å². The van der Waals surface area contributed by atoms with Gasteiger partial charge in [0, 0.05) is 35.6 Å². The number of carbonyl (C=O) groups excluding carboxylic acids is 2. The molecule has 0 unspecified atom stereocenters. The van der Waals surface area contributed by atoms with Gasteiger partial charge in [0.15, 0.2) is 17.3 Å². The normalized spacial score (nSPS) is 21.0. The number of carbonyl (C=O) groups is 2. The van der Waals surface area contributed by atoms with Crippen LogP contribution in [-0.2, 0) is 9.59 Å². The average Bonchev–Trinajstić information content (AvgIpc) is 2.77. The zero-order valence-electron chi connectivity index (χ0n) is 17.4. The molecule has 2 aromatic carbocycles. The maximum Gasteiger partial charge on any atom is 0.225 e. The lowest BCUT2D eigenvalue weighted by Crippen LogP contribution is -2.38. The number of benzene rings is 2. The van der Waals surface area contributed by atoms with Crippen LogP contribution >= 0.6 is 0 Å². The van der Waals surface area contributed by atoms with Crippen molar-refractivity contribution in [1.29, 1.82) is 0 Å². The summed E-state index contributed by atoms with van der Waals surface area (Å²) in [5, 5.41) is 2.96. The number of rotatable bonds is 5. The van der Waals surface area contributed by atoms with Gasteiger partial charge in [-0.1, -0.05) is 24.3 Å². The number of Topliss-reactive ketones (excluding diaryl/α,β-unsaturated/α-hetero) is 1. The minimum absolute atomic E-state index is 0.00222. The predicted octanol–water partition coefficient (Wildman–Crippen LogP) is 3.72. The molecule has 2 aromatic rings. The van der Waals surface area contributed by atoms with Crippen LogP contribution in [0.15, 0.2) is 53.7 Å². The van der Waals surface area contributed by atoms with Crippen molar-refractivity contribution in [3.05, 3.63) is 64.9 Å². The van der Waals surface area contributed by atoms with E-state index in [1.54, 1.807) is 21.3 Å². The molecular weight excluding hydrogens is 382 g/mol. The van der Waals surface area contributed by atoms with E-state index in [9.17, 15) is 9.59 Å². The van der Waals surface area contributed by atoms with Gasteiger partial charge in [0.1, 0.15) is 5.75 Å². The number of ether oxygens (including phenoxy) is 3. The van der Waals surface area contributed by atoms with Gasteiger partial charge in [-0.15, -0.1) is 0 Å². The lowest BCUT2D eigenvalue weighted by Gasteiger charge is -2.35. The summed E-state index contributed by atoms with van der Waals surface area (Å²) >= 11 is 0. The zero-order valence-corrected chi connectivity index (χ0v) is 17.4. The molecule has 6 heteroatoms. The highest BCUT2D eigenvalue weighted by molar-refractivity contribution is 6.02. The van der Waals surface area contributed by atoms with E-state index in [2.05, 4.69) is 5.32 Å². The Hall–Kier alpha value is -3.28. The molecule has 1 amide bonds. The monoisotopic (exact) mass is 407 g/mol. The third kappa shape index (κ3) is 3.54. The summed E-state index contributed by atoms with van der Waals surface area (Å²) in [7, 11) is 4.77. The molecular formula is C24H25NO5. The van der Waals surface area contributed by atoms with E-state index in [0.717, 1.165) is 16.9 Å². The molecule has 0 saturated heterocycles. The quantitative estimate of drug-likeness (QED) is 0.818. The Bertz CT molecular complexity index is 1030. The van der Waals surface area contributed by atoms with Crippen LogP contribution in [0.1, 0.15) is 42.2 Å². The van der Waals surface area contributed by atoms with Gasteiger partial charge in [-0.25, -0.2) is 0 Å². The van der Waals surface area contributed by atoms with Crippen LogP contribution in [0.25, 0.3) is 0 Å². The second-order valence-electron chi connectivity index (χ2n) is 7.58. The van der Waals surface area contributed by atoms with Gasteiger partial charge in [0.05, 0.1) is 21.3 Å². The molecule has 6 nitrogen and oxygen atoms in total. The standard InChI is InChI=1S/C24H25NO5/c1-28-16-7-4-6-14(10-16)15-11-19-23(20(26)12-15)18(13-22(27)25-19)17-8-5-9-21(29-2)24(17)30-3/h4-10,15,18H,11-13H2,1-3H3,(H,25,27)/t15-,18+/m0/s1. The molecule has 0 radical (unpaired) electrons. The molecule has 1 N–H and O–H groups in total. The highest BCUT2D eigenvalue weighted by Gasteiger charge is 2.39. The van der Waals surface area contributed by atoms with Gasteiger partial charge in [0.2, 0.25) is 5.91 Å². The summed E-state index contributed by atoms with van der Waals surface area (Å²) < 4.78 is 16.3. The highest BCUT2D eigenvalue weighted by atomic mass is 16.5. The third-order valence-corrected chi connectivity index (χ3v) is 5.91. The van der Waals surface area contributed by atoms with Crippen molar-refractivity contribution in [2.24, 2.45) is 0 Å². The van der Waals surface area contributed by atoms with Crippen LogP contribution in [0.5, 0.6) is 17.2 Å². The Morgan fingerprint density at radius 2 is 1.70 bits per heavy atom. The number of allylic oxidation sites excluding steroid dienone is 2. The fourth-order valence-corrected chi connectivity index (χ4v) is 4.54. The first kappa shape index (κ1) is 20.0. The largest absolute Gasteiger partial charge is 0.497 e. The summed E-state index contributed by atoms with van der Waals surface area (Å²) in [6.45, 7) is 0. The van der Waals surface area contributed by atoms with E-state index in [4.69, 9.17) is 14.2 Å². The van der Waals surface area contributed by atoms with Crippen LogP contribution in [0.4, 0.5) is 0 Å². The lowest BCUT2D eigenvalue weighted by molar-refractivity contribution is -0.122. The van der Waals surface area contributed by atoms with Crippen molar-refractivity contribution in [2.75, 3.05) is 21.3 Å². The number of amides is 1. The lowest BCUT2D eigenvalue weighted by atomic mass is 9.73. The second kappa shape index (κ2) is 8.22. The van der Waals surface area contributed by atoms with Crippen molar-refractivity contribution < 1.29 is 23.8 Å². The maximum atomic E-state index is 13.3. The van der Waals surface area contributed by atoms with Crippen molar-refractivity contribution in [1.82, 2.24) is 5.32 Å². The molecule has 2 atom stereocenters. The van der Waals surface area contributed by atoms with Crippen molar-refractivity contribution in [2.45, 2.75) is 31.1 Å². The Labute approximate surface area is 175 Å². The van der Waals surface area contributed by atoms with Gasteiger partial charge in [-0.3, -0.25) is 9.59 Å². The number of para-hydroxylation sites is 1. The van der Waals surface area contributed by atoms with Crippen molar-refractivity contribution >= 4 is 11.7 Å². The number of hydrogen-bond acceptors (Lipinski definition) is 5. The average molecular weight is 407 g/mol. The minimum atomic E-state index is -0.349. The summed E-state index contributed by atoms with van der Waals surface area (Å²) in [6.07, 6.45) is 1.20. The smallest absolute Gasteiger partial charge is 0.225 e. The van der Waals surface area contributed by atoms with Gasteiger partial charge in [-0.05, 0) is 36.1 Å². The van der Waals surface area contributed by atoms with E-state index in [0.29, 0.717) is 35.6 Å². The first-order valence-electron chi connectivity index (χ1n) is 9.96. The number of hydrogen-bond donors (Lipinski definition) is 1. The second-order valence-corrected chi connectivity index (χ2v) is 7.58. The van der Waals surface area contributed by atoms with Crippen LogP contribution in [0.2, 0.25) is 0 Å². The van der Waals surface area contributed by atoms with Gasteiger partial charge in [-0.2, -0.15) is 0 Å². The van der Waals surface area contributed by atoms with Gasteiger partial charge in [0.25, 0.3) is 0 Å². The minimum Gasteiger partial charge on any atom is -0.497 e. The summed E-state index contributed by atoms with van der Waals surface area (Å²) in [6, 6.07) is 13.3. The van der Waals surface area contributed by atoms with E-state index >= 15 is 0 Å². The fourth-order valence-electron chi connectivity index (χ4n) is 4.54. The topological polar surface area (TPSA) is 73.9 Å². The molecule has 0 saturated carbocycles. The molecule has 156 valence electrons. The Balaban J connectivity index is 1.75. The summed E-state index contributed by atoms with van der Waals surface area (Å²) in [5.74, 6) is 1.51. The molecule has 2 aliphatic rings. The van der Waals surface area contributed by atoms with Crippen LogP contribution < -0.4 is 19.5 Å². The number of methoxy groups -OCH3 is 3. The highest BCUT2D eigenvalue weighted by Crippen LogP contribution is 2.46. The Kier molecular flexibility index (Phi) is 5.48. The molecule has 4 rings (SSSR count). The first-order chi connectivity index (χ1) is 14.5. The molecule has 0 bridgehead atoms. The van der Waals surface area contributed by atoms with E-state index in [-0.39, 0.29) is 29.9 Å². The zero-order chi connectivity index (χ0) is 21.3. The first-order valence-corrected chi connectivity index (χ1v) is 9.96. The van der Waals surface area contributed by atoms with Crippen molar-refractivity contribution in [3.63, 3.8) is 0 Å². The molecule has 0 spiro atoms.